The second kappa shape index (κ2) is 7.46. The van der Waals surface area contributed by atoms with Crippen molar-refractivity contribution in [1.29, 1.82) is 0 Å². The molecule has 1 saturated carbocycles. The van der Waals surface area contributed by atoms with Crippen LogP contribution in [-0.2, 0) is 9.53 Å². The average molecular weight is 382 g/mol. The standard InChI is InChI=1S/C18H24ClN3O2S/c1-18(2,3)24-14(23)10-11-4-6-12(7-5-11)20-15-13-8-9-25-16(13)22-17(19)21-15/h8-9,11-12H,4-7,10H2,1-3H3,(H,20,21,22). The number of anilines is 1. The highest BCUT2D eigenvalue weighted by Gasteiger charge is 2.26. The van der Waals surface area contributed by atoms with Crippen molar-refractivity contribution < 1.29 is 9.53 Å². The molecule has 0 radical (unpaired) electrons. The lowest BCUT2D eigenvalue weighted by Gasteiger charge is -2.30. The first kappa shape index (κ1) is 18.4. The second-order valence-corrected chi connectivity index (χ2v) is 8.87. The van der Waals surface area contributed by atoms with Crippen LogP contribution < -0.4 is 5.32 Å². The number of carbonyl (C=O) groups excluding carboxylic acids is 1. The van der Waals surface area contributed by atoms with E-state index in [1.165, 1.54) is 0 Å². The van der Waals surface area contributed by atoms with E-state index in [1.807, 2.05) is 32.2 Å². The van der Waals surface area contributed by atoms with E-state index in [1.54, 1.807) is 11.3 Å². The molecule has 1 N–H and O–H groups in total. The fourth-order valence-electron chi connectivity index (χ4n) is 3.26. The topological polar surface area (TPSA) is 64.1 Å². The van der Waals surface area contributed by atoms with Gasteiger partial charge in [0.2, 0.25) is 5.28 Å². The van der Waals surface area contributed by atoms with Gasteiger partial charge in [-0.3, -0.25) is 4.79 Å². The molecule has 3 rings (SSSR count). The number of esters is 1. The number of nitrogens with zero attached hydrogens (tertiary/aromatic N) is 2. The molecule has 1 aliphatic rings. The fraction of sp³-hybridized carbons (Fsp3) is 0.611. The number of rotatable bonds is 4. The van der Waals surface area contributed by atoms with Gasteiger partial charge in [-0.2, -0.15) is 0 Å². The predicted molar refractivity (Wildman–Crippen MR) is 102 cm³/mol. The lowest BCUT2D eigenvalue weighted by molar-refractivity contribution is -0.156. The zero-order valence-corrected chi connectivity index (χ0v) is 16.4. The molecule has 0 saturated heterocycles. The van der Waals surface area contributed by atoms with Crippen LogP contribution in [0.15, 0.2) is 11.4 Å². The molecule has 2 aromatic rings. The van der Waals surface area contributed by atoms with Gasteiger partial charge in [-0.05, 0) is 75.4 Å². The molecular weight excluding hydrogens is 358 g/mol. The predicted octanol–water partition coefficient (Wildman–Crippen LogP) is 5.05. The van der Waals surface area contributed by atoms with E-state index >= 15 is 0 Å². The van der Waals surface area contributed by atoms with Gasteiger partial charge < -0.3 is 10.1 Å². The molecule has 0 aliphatic heterocycles. The average Bonchev–Trinajstić information content (AvgIpc) is 2.95. The molecule has 0 aromatic carbocycles. The molecule has 0 spiro atoms. The normalized spacial score (nSPS) is 21.3. The molecule has 0 amide bonds. The van der Waals surface area contributed by atoms with Crippen molar-refractivity contribution >= 4 is 44.9 Å². The molecule has 1 fully saturated rings. The number of halogens is 1. The first-order chi connectivity index (χ1) is 11.8. The van der Waals surface area contributed by atoms with Crippen LogP contribution in [0.1, 0.15) is 52.9 Å². The van der Waals surface area contributed by atoms with Crippen LogP contribution in [0.3, 0.4) is 0 Å². The number of ether oxygens (including phenoxy) is 1. The lowest BCUT2D eigenvalue weighted by Crippen LogP contribution is -2.29. The lowest BCUT2D eigenvalue weighted by atomic mass is 9.84. The van der Waals surface area contributed by atoms with Gasteiger partial charge in [0.05, 0.1) is 5.39 Å². The summed E-state index contributed by atoms with van der Waals surface area (Å²) in [5.74, 6) is 1.13. The Balaban J connectivity index is 1.54. The Bertz CT molecular complexity index is 748. The number of hydrogen-bond donors (Lipinski definition) is 1. The number of carbonyl (C=O) groups is 1. The van der Waals surface area contributed by atoms with E-state index in [0.29, 0.717) is 18.4 Å². The van der Waals surface area contributed by atoms with E-state index < -0.39 is 5.60 Å². The Kier molecular flexibility index (Phi) is 5.49. The summed E-state index contributed by atoms with van der Waals surface area (Å²) < 4.78 is 5.43. The van der Waals surface area contributed by atoms with Crippen LogP contribution in [-0.4, -0.2) is 27.6 Å². The molecule has 0 unspecified atom stereocenters. The minimum Gasteiger partial charge on any atom is -0.460 e. The van der Waals surface area contributed by atoms with Gasteiger partial charge in [0.1, 0.15) is 16.2 Å². The summed E-state index contributed by atoms with van der Waals surface area (Å²) >= 11 is 7.59. The van der Waals surface area contributed by atoms with Crippen molar-refractivity contribution in [2.24, 2.45) is 5.92 Å². The van der Waals surface area contributed by atoms with Gasteiger partial charge in [-0.25, -0.2) is 9.97 Å². The van der Waals surface area contributed by atoms with Crippen LogP contribution in [0.25, 0.3) is 10.2 Å². The highest BCUT2D eigenvalue weighted by molar-refractivity contribution is 7.16. The van der Waals surface area contributed by atoms with Gasteiger partial charge in [0, 0.05) is 12.5 Å². The molecule has 0 atom stereocenters. The number of fused-ring (bicyclic) bond motifs is 1. The summed E-state index contributed by atoms with van der Waals surface area (Å²) in [6.45, 7) is 5.72. The fourth-order valence-corrected chi connectivity index (χ4v) is 4.25. The highest BCUT2D eigenvalue weighted by Crippen LogP contribution is 2.32. The Morgan fingerprint density at radius 3 is 2.72 bits per heavy atom. The quantitative estimate of drug-likeness (QED) is 0.593. The summed E-state index contributed by atoms with van der Waals surface area (Å²) in [7, 11) is 0. The molecule has 1 aliphatic carbocycles. The summed E-state index contributed by atoms with van der Waals surface area (Å²) in [4.78, 5) is 21.5. The molecule has 2 heterocycles. The van der Waals surface area contributed by atoms with Crippen LogP contribution in [0.2, 0.25) is 5.28 Å². The summed E-state index contributed by atoms with van der Waals surface area (Å²) in [6.07, 6.45) is 4.57. The third-order valence-corrected chi connectivity index (χ3v) is 5.34. The first-order valence-corrected chi connectivity index (χ1v) is 9.95. The first-order valence-electron chi connectivity index (χ1n) is 8.69. The maximum atomic E-state index is 12.0. The third-order valence-electron chi connectivity index (χ3n) is 4.36. The zero-order valence-electron chi connectivity index (χ0n) is 14.8. The van der Waals surface area contributed by atoms with Crippen molar-refractivity contribution in [3.05, 3.63) is 16.7 Å². The minimum atomic E-state index is -0.409. The monoisotopic (exact) mass is 381 g/mol. The number of thiophene rings is 1. The van der Waals surface area contributed by atoms with E-state index in [2.05, 4.69) is 15.3 Å². The van der Waals surface area contributed by atoms with E-state index in [0.717, 1.165) is 41.7 Å². The van der Waals surface area contributed by atoms with E-state index in [4.69, 9.17) is 16.3 Å². The Hall–Kier alpha value is -1.40. The van der Waals surface area contributed by atoms with Gasteiger partial charge in [0.15, 0.2) is 0 Å². The number of nitrogens with one attached hydrogen (secondary N) is 1. The maximum absolute atomic E-state index is 12.0. The van der Waals surface area contributed by atoms with Crippen LogP contribution in [0, 0.1) is 5.92 Å². The summed E-state index contributed by atoms with van der Waals surface area (Å²) in [6, 6.07) is 2.37. The van der Waals surface area contributed by atoms with Gasteiger partial charge in [-0.15, -0.1) is 11.3 Å². The molecule has 136 valence electrons. The molecule has 25 heavy (non-hydrogen) atoms. The third kappa shape index (κ3) is 5.05. The number of aromatic nitrogens is 2. The molecule has 7 heteroatoms. The van der Waals surface area contributed by atoms with Crippen molar-refractivity contribution in [3.8, 4) is 0 Å². The smallest absolute Gasteiger partial charge is 0.306 e. The van der Waals surface area contributed by atoms with E-state index in [9.17, 15) is 4.79 Å². The van der Waals surface area contributed by atoms with Gasteiger partial charge >= 0.3 is 5.97 Å². The zero-order chi connectivity index (χ0) is 18.0. The van der Waals surface area contributed by atoms with E-state index in [-0.39, 0.29) is 11.3 Å². The Morgan fingerprint density at radius 1 is 1.32 bits per heavy atom. The maximum Gasteiger partial charge on any atom is 0.306 e. The molecule has 0 bridgehead atoms. The molecular formula is C18H24ClN3O2S. The van der Waals surface area contributed by atoms with Crippen molar-refractivity contribution in [2.45, 2.75) is 64.5 Å². The molecule has 5 nitrogen and oxygen atoms in total. The second-order valence-electron chi connectivity index (χ2n) is 7.63. The van der Waals surface area contributed by atoms with Crippen molar-refractivity contribution in [3.63, 3.8) is 0 Å². The Labute approximate surface area is 157 Å². The molecule has 2 aromatic heterocycles. The van der Waals surface area contributed by atoms with Crippen molar-refractivity contribution in [2.75, 3.05) is 5.32 Å². The highest BCUT2D eigenvalue weighted by atomic mass is 35.5. The van der Waals surface area contributed by atoms with Gasteiger partial charge in [0.25, 0.3) is 0 Å². The minimum absolute atomic E-state index is 0.0912. The van der Waals surface area contributed by atoms with Crippen LogP contribution in [0.4, 0.5) is 5.82 Å². The van der Waals surface area contributed by atoms with Crippen LogP contribution in [0.5, 0.6) is 0 Å². The summed E-state index contributed by atoms with van der Waals surface area (Å²) in [5.41, 5.74) is -0.409. The van der Waals surface area contributed by atoms with Crippen molar-refractivity contribution in [1.82, 2.24) is 9.97 Å². The summed E-state index contributed by atoms with van der Waals surface area (Å²) in [5, 5.41) is 6.81. The number of hydrogen-bond acceptors (Lipinski definition) is 6. The Morgan fingerprint density at radius 2 is 2.04 bits per heavy atom. The van der Waals surface area contributed by atoms with Gasteiger partial charge in [-0.1, -0.05) is 0 Å². The SMILES string of the molecule is CC(C)(C)OC(=O)CC1CCC(Nc2nc(Cl)nc3sccc23)CC1. The largest absolute Gasteiger partial charge is 0.460 e. The van der Waals surface area contributed by atoms with Crippen LogP contribution >= 0.6 is 22.9 Å².